The Bertz CT molecular complexity index is 116. The predicted molar refractivity (Wildman–Crippen MR) is 40.9 cm³/mol. The van der Waals surface area contributed by atoms with E-state index in [0.717, 1.165) is 0 Å². The Labute approximate surface area is 62.8 Å². The minimum absolute atomic E-state index is 0.116. The third kappa shape index (κ3) is 1.02. The van der Waals surface area contributed by atoms with Gasteiger partial charge in [0, 0.05) is 0 Å². The van der Waals surface area contributed by atoms with Gasteiger partial charge in [-0.15, -0.1) is 0 Å². The van der Waals surface area contributed by atoms with Crippen molar-refractivity contribution in [2.75, 3.05) is 0 Å². The van der Waals surface area contributed by atoms with Crippen LogP contribution < -0.4 is 0 Å². The van der Waals surface area contributed by atoms with Crippen LogP contribution in [0.25, 0.3) is 0 Å². The summed E-state index contributed by atoms with van der Waals surface area (Å²) in [7, 11) is -1.49. The van der Waals surface area contributed by atoms with E-state index in [0.29, 0.717) is 0 Å². The molecule has 10 heavy (non-hydrogen) atoms. The molecule has 0 saturated carbocycles. The molecule has 0 aromatic heterocycles. The van der Waals surface area contributed by atoms with Crippen molar-refractivity contribution in [3.63, 3.8) is 0 Å². The number of hydrogen-bond donors (Lipinski definition) is 0. The molecule has 2 rings (SSSR count). The Morgan fingerprint density at radius 3 is 2.20 bits per heavy atom. The summed E-state index contributed by atoms with van der Waals surface area (Å²) >= 11 is 0. The SMILES string of the molecule is CC1O[Si]2(CCCCC2)O1. The molecule has 1 spiro atoms. The maximum atomic E-state index is 5.68. The molecular formula is C7H14O2Si. The molecule has 2 nitrogen and oxygen atoms in total. The molecule has 0 N–H and O–H groups in total. The van der Waals surface area contributed by atoms with Gasteiger partial charge in [-0.05, 0) is 19.0 Å². The third-order valence-corrected chi connectivity index (χ3v) is 6.13. The van der Waals surface area contributed by atoms with Gasteiger partial charge < -0.3 is 8.85 Å². The zero-order valence-electron chi connectivity index (χ0n) is 6.43. The normalized spacial score (nSPS) is 32.1. The van der Waals surface area contributed by atoms with Crippen LogP contribution in [0, 0.1) is 0 Å². The first kappa shape index (κ1) is 6.82. The first-order valence-corrected chi connectivity index (χ1v) is 6.39. The quantitative estimate of drug-likeness (QED) is 0.502. The molecule has 2 saturated heterocycles. The molecule has 0 unspecified atom stereocenters. The fourth-order valence-corrected chi connectivity index (χ4v) is 5.47. The highest BCUT2D eigenvalue weighted by molar-refractivity contribution is 6.69. The highest BCUT2D eigenvalue weighted by Gasteiger charge is 2.49. The lowest BCUT2D eigenvalue weighted by Gasteiger charge is -2.46. The maximum absolute atomic E-state index is 5.68. The van der Waals surface area contributed by atoms with Crippen molar-refractivity contribution in [1.82, 2.24) is 0 Å². The second kappa shape index (κ2) is 2.32. The smallest absolute Gasteiger partial charge is 0.341 e. The molecule has 2 fully saturated rings. The molecule has 2 aliphatic rings. The van der Waals surface area contributed by atoms with E-state index in [-0.39, 0.29) is 6.29 Å². The van der Waals surface area contributed by atoms with Gasteiger partial charge in [0.1, 0.15) is 6.29 Å². The highest BCUT2D eigenvalue weighted by atomic mass is 28.4. The molecule has 3 heteroatoms. The van der Waals surface area contributed by atoms with E-state index in [2.05, 4.69) is 0 Å². The summed E-state index contributed by atoms with van der Waals surface area (Å²) in [5.74, 6) is 0. The Morgan fingerprint density at radius 2 is 1.70 bits per heavy atom. The maximum Gasteiger partial charge on any atom is 0.341 e. The van der Waals surface area contributed by atoms with Crippen LogP contribution in [0.4, 0.5) is 0 Å². The Morgan fingerprint density at radius 1 is 1.10 bits per heavy atom. The molecule has 0 amide bonds. The molecule has 2 heterocycles. The summed E-state index contributed by atoms with van der Waals surface area (Å²) in [6, 6.07) is 2.49. The van der Waals surface area contributed by atoms with Gasteiger partial charge in [0.15, 0.2) is 0 Å². The summed E-state index contributed by atoms with van der Waals surface area (Å²) in [5.41, 5.74) is 0. The average molecular weight is 158 g/mol. The standard InChI is InChI=1S/C7H14O2Si/c1-7-8-10(9-7)5-3-2-4-6-10/h7H,2-6H2,1H3. The van der Waals surface area contributed by atoms with Crippen molar-refractivity contribution in [2.24, 2.45) is 0 Å². The summed E-state index contributed by atoms with van der Waals surface area (Å²) in [5, 5.41) is 0. The van der Waals surface area contributed by atoms with Crippen LogP contribution in [0.1, 0.15) is 26.2 Å². The van der Waals surface area contributed by atoms with Crippen molar-refractivity contribution in [3.8, 4) is 0 Å². The highest BCUT2D eigenvalue weighted by Crippen LogP contribution is 2.38. The second-order valence-electron chi connectivity index (χ2n) is 3.27. The Balaban J connectivity index is 1.90. The fourth-order valence-electron chi connectivity index (χ4n) is 1.94. The Hall–Kier alpha value is 0.137. The van der Waals surface area contributed by atoms with Gasteiger partial charge in [-0.25, -0.2) is 0 Å². The number of hydrogen-bond acceptors (Lipinski definition) is 2. The monoisotopic (exact) mass is 158 g/mol. The van der Waals surface area contributed by atoms with Crippen LogP contribution in [0.2, 0.25) is 12.1 Å². The molecular weight excluding hydrogens is 144 g/mol. The summed E-state index contributed by atoms with van der Waals surface area (Å²) in [4.78, 5) is 0. The van der Waals surface area contributed by atoms with E-state index in [9.17, 15) is 0 Å². The third-order valence-electron chi connectivity index (χ3n) is 2.38. The second-order valence-corrected chi connectivity index (χ2v) is 6.57. The molecule has 0 aliphatic carbocycles. The lowest BCUT2D eigenvalue weighted by Crippen LogP contribution is -2.58. The van der Waals surface area contributed by atoms with E-state index in [4.69, 9.17) is 8.85 Å². The van der Waals surface area contributed by atoms with Crippen molar-refractivity contribution < 1.29 is 8.85 Å². The van der Waals surface area contributed by atoms with Gasteiger partial charge in [-0.1, -0.05) is 19.3 Å². The zero-order valence-corrected chi connectivity index (χ0v) is 7.43. The van der Waals surface area contributed by atoms with Gasteiger partial charge in [0.05, 0.1) is 0 Å². The van der Waals surface area contributed by atoms with Crippen LogP contribution in [0.15, 0.2) is 0 Å². The zero-order chi connectivity index (χ0) is 7.03. The molecule has 0 bridgehead atoms. The molecule has 2 aliphatic heterocycles. The van der Waals surface area contributed by atoms with Gasteiger partial charge in [-0.2, -0.15) is 0 Å². The number of rotatable bonds is 0. The van der Waals surface area contributed by atoms with Crippen molar-refractivity contribution in [2.45, 2.75) is 44.6 Å². The first-order chi connectivity index (χ1) is 4.81. The minimum atomic E-state index is -1.49. The van der Waals surface area contributed by atoms with Crippen molar-refractivity contribution in [1.29, 1.82) is 0 Å². The van der Waals surface area contributed by atoms with Gasteiger partial charge in [0.25, 0.3) is 0 Å². The lowest BCUT2D eigenvalue weighted by atomic mass is 10.3. The summed E-state index contributed by atoms with van der Waals surface area (Å²) in [6.07, 6.45) is 4.16. The molecule has 58 valence electrons. The van der Waals surface area contributed by atoms with Crippen LogP contribution >= 0.6 is 0 Å². The summed E-state index contributed by atoms with van der Waals surface area (Å²) < 4.78 is 11.4. The predicted octanol–water partition coefficient (Wildman–Crippen LogP) is 2.01. The molecule has 0 radical (unpaired) electrons. The minimum Gasteiger partial charge on any atom is -0.368 e. The van der Waals surface area contributed by atoms with E-state index in [1.807, 2.05) is 6.92 Å². The van der Waals surface area contributed by atoms with E-state index in [1.54, 1.807) is 0 Å². The van der Waals surface area contributed by atoms with E-state index >= 15 is 0 Å². The lowest BCUT2D eigenvalue weighted by molar-refractivity contribution is -0.122. The summed E-state index contributed by atoms with van der Waals surface area (Å²) in [6.45, 7) is 1.99. The van der Waals surface area contributed by atoms with Crippen molar-refractivity contribution >= 4 is 8.56 Å². The van der Waals surface area contributed by atoms with E-state index < -0.39 is 8.56 Å². The van der Waals surface area contributed by atoms with Crippen molar-refractivity contribution in [3.05, 3.63) is 0 Å². The van der Waals surface area contributed by atoms with E-state index in [1.165, 1.54) is 31.4 Å². The fraction of sp³-hybridized carbons (Fsp3) is 1.00. The largest absolute Gasteiger partial charge is 0.368 e. The van der Waals surface area contributed by atoms with Crippen LogP contribution in [-0.2, 0) is 8.85 Å². The first-order valence-electron chi connectivity index (χ1n) is 4.16. The van der Waals surface area contributed by atoms with Crippen LogP contribution in [-0.4, -0.2) is 14.9 Å². The van der Waals surface area contributed by atoms with Crippen LogP contribution in [0.3, 0.4) is 0 Å². The molecule has 0 aromatic rings. The molecule has 0 atom stereocenters. The van der Waals surface area contributed by atoms with Gasteiger partial charge in [0.2, 0.25) is 0 Å². The van der Waals surface area contributed by atoms with Gasteiger partial charge >= 0.3 is 8.56 Å². The topological polar surface area (TPSA) is 18.5 Å². The Kier molecular flexibility index (Phi) is 1.59. The average Bonchev–Trinajstić information content (AvgIpc) is 1.87. The van der Waals surface area contributed by atoms with Gasteiger partial charge in [-0.3, -0.25) is 0 Å². The van der Waals surface area contributed by atoms with Crippen LogP contribution in [0.5, 0.6) is 0 Å². The molecule has 0 aromatic carbocycles.